The summed E-state index contributed by atoms with van der Waals surface area (Å²) in [6.45, 7) is -0.222. The number of amides is 3. The Balaban J connectivity index is 1.82. The number of hydrogen-bond acceptors (Lipinski definition) is 4. The molecule has 7 heteroatoms. The number of ether oxygens (including phenoxy) is 1. The van der Waals surface area contributed by atoms with Crippen LogP contribution in [0.5, 0.6) is 0 Å². The molecule has 0 spiro atoms. The van der Waals surface area contributed by atoms with Gasteiger partial charge in [-0.1, -0.05) is 6.42 Å². The number of benzene rings is 1. The Morgan fingerprint density at radius 2 is 1.65 bits per heavy atom. The van der Waals surface area contributed by atoms with Gasteiger partial charge in [-0.05, 0) is 37.8 Å². The number of fused-ring (bicyclic) bond motifs is 1. The third-order valence-electron chi connectivity index (χ3n) is 4.88. The van der Waals surface area contributed by atoms with E-state index in [0.717, 1.165) is 28.7 Å². The Bertz CT molecular complexity index is 900. The lowest BCUT2D eigenvalue weighted by atomic mass is 9.93. The Hall–Kier alpha value is -2.98. The van der Waals surface area contributed by atoms with E-state index in [1.165, 1.54) is 6.07 Å². The van der Waals surface area contributed by atoms with Crippen molar-refractivity contribution in [3.05, 3.63) is 34.7 Å². The van der Waals surface area contributed by atoms with Crippen molar-refractivity contribution >= 4 is 29.1 Å². The van der Waals surface area contributed by atoms with Gasteiger partial charge in [0.05, 0.1) is 18.0 Å². The molecule has 0 unspecified atom stereocenters. The molecule has 2 heterocycles. The van der Waals surface area contributed by atoms with Crippen molar-refractivity contribution < 1.29 is 23.5 Å². The number of terminal acetylenes is 1. The van der Waals surface area contributed by atoms with E-state index in [9.17, 15) is 18.8 Å². The molecule has 6 nitrogen and oxygen atoms in total. The second kappa shape index (κ2) is 6.07. The van der Waals surface area contributed by atoms with Gasteiger partial charge in [0.1, 0.15) is 12.4 Å². The molecular weight excluding hydrogens is 339 g/mol. The molecule has 1 aromatic carbocycles. The minimum absolute atomic E-state index is 0.00704. The number of carbonyl (C=O) groups is 3. The maximum atomic E-state index is 14.7. The summed E-state index contributed by atoms with van der Waals surface area (Å²) in [5.74, 6) is -2.19. The summed E-state index contributed by atoms with van der Waals surface area (Å²) in [5, 5.41) is 0. The molecule has 1 aromatic rings. The summed E-state index contributed by atoms with van der Waals surface area (Å²) in [6.07, 6.45) is 8.12. The second-order valence-electron chi connectivity index (χ2n) is 6.39. The average Bonchev–Trinajstić information content (AvgIpc) is 2.78. The van der Waals surface area contributed by atoms with Crippen molar-refractivity contribution in [2.24, 2.45) is 0 Å². The van der Waals surface area contributed by atoms with Crippen LogP contribution >= 0.6 is 0 Å². The van der Waals surface area contributed by atoms with Crippen molar-refractivity contribution in [3.63, 3.8) is 0 Å². The van der Waals surface area contributed by atoms with Gasteiger partial charge in [0.15, 0.2) is 0 Å². The fourth-order valence-electron chi connectivity index (χ4n) is 3.63. The Morgan fingerprint density at radius 3 is 2.27 bits per heavy atom. The zero-order valence-electron chi connectivity index (χ0n) is 13.9. The van der Waals surface area contributed by atoms with E-state index in [0.29, 0.717) is 29.6 Å². The number of halogens is 1. The van der Waals surface area contributed by atoms with E-state index in [1.54, 1.807) is 0 Å². The van der Waals surface area contributed by atoms with Gasteiger partial charge in [0, 0.05) is 22.8 Å². The molecular formula is C19H15FN2O4. The normalized spacial score (nSPS) is 20.1. The molecule has 0 radical (unpaired) electrons. The van der Waals surface area contributed by atoms with Gasteiger partial charge in [0.25, 0.3) is 17.7 Å². The van der Waals surface area contributed by atoms with Gasteiger partial charge in [-0.15, -0.1) is 0 Å². The zero-order chi connectivity index (χ0) is 18.4. The maximum absolute atomic E-state index is 14.7. The maximum Gasteiger partial charge on any atom is 0.264 e. The first kappa shape index (κ1) is 16.5. The topological polar surface area (TPSA) is 66.9 Å². The predicted molar refractivity (Wildman–Crippen MR) is 90.4 cm³/mol. The van der Waals surface area contributed by atoms with Crippen molar-refractivity contribution in [1.29, 1.82) is 0 Å². The third-order valence-corrected chi connectivity index (χ3v) is 4.88. The average molecular weight is 354 g/mol. The van der Waals surface area contributed by atoms with Crippen LogP contribution < -0.4 is 9.80 Å². The van der Waals surface area contributed by atoms with E-state index in [2.05, 4.69) is 6.04 Å². The van der Waals surface area contributed by atoms with Gasteiger partial charge < -0.3 is 4.74 Å². The highest BCUT2D eigenvalue weighted by Gasteiger charge is 2.41. The smallest absolute Gasteiger partial charge is 0.264 e. The summed E-state index contributed by atoms with van der Waals surface area (Å²) in [5.41, 5.74) is 1.36. The lowest BCUT2D eigenvalue weighted by molar-refractivity contribution is -0.122. The van der Waals surface area contributed by atoms with Crippen LogP contribution in [0.1, 0.15) is 31.2 Å². The van der Waals surface area contributed by atoms with Crippen molar-refractivity contribution in [2.75, 3.05) is 16.4 Å². The van der Waals surface area contributed by atoms with E-state index in [-0.39, 0.29) is 24.6 Å². The van der Waals surface area contributed by atoms with E-state index >= 15 is 0 Å². The second-order valence-corrected chi connectivity index (χ2v) is 6.39. The summed E-state index contributed by atoms with van der Waals surface area (Å²) >= 11 is 0. The molecule has 132 valence electrons. The summed E-state index contributed by atoms with van der Waals surface area (Å²) in [4.78, 5) is 39.3. The van der Waals surface area contributed by atoms with Gasteiger partial charge in [0.2, 0.25) is 0 Å². The monoisotopic (exact) mass is 354 g/mol. The molecule has 26 heavy (non-hydrogen) atoms. The Kier molecular flexibility index (Phi) is 3.85. The SMILES string of the molecule is C#CN1C(=O)COCc2cc(F)c(N3C(=O)C4=C(CCCC4)C3=O)cc21. The molecule has 0 saturated heterocycles. The summed E-state index contributed by atoms with van der Waals surface area (Å²) in [6, 6.07) is 4.68. The summed E-state index contributed by atoms with van der Waals surface area (Å²) < 4.78 is 19.9. The number of carbonyl (C=O) groups excluding carboxylic acids is 3. The van der Waals surface area contributed by atoms with Crippen LogP contribution in [0.15, 0.2) is 23.3 Å². The van der Waals surface area contributed by atoms with Gasteiger partial charge >= 0.3 is 0 Å². The molecule has 0 saturated carbocycles. The molecule has 0 fully saturated rings. The van der Waals surface area contributed by atoms with Crippen molar-refractivity contribution in [2.45, 2.75) is 32.3 Å². The van der Waals surface area contributed by atoms with E-state index in [4.69, 9.17) is 11.2 Å². The van der Waals surface area contributed by atoms with E-state index in [1.807, 2.05) is 0 Å². The lowest BCUT2D eigenvalue weighted by Crippen LogP contribution is -2.33. The Labute approximate surface area is 149 Å². The fraction of sp³-hybridized carbons (Fsp3) is 0.316. The fourth-order valence-corrected chi connectivity index (χ4v) is 3.63. The van der Waals surface area contributed by atoms with Gasteiger partial charge in [-0.3, -0.25) is 14.4 Å². The standard InChI is InChI=1S/C19H15FN2O4/c1-2-21-15-8-16(14(20)7-11(15)9-26-10-17(21)23)22-18(24)12-5-3-4-6-13(12)19(22)25/h1,7-8H,3-6,9-10H2. The molecule has 1 aliphatic carbocycles. The van der Waals surface area contributed by atoms with Crippen LogP contribution in [0.4, 0.5) is 15.8 Å². The third kappa shape index (κ3) is 2.34. The molecule has 3 amide bonds. The van der Waals surface area contributed by atoms with Crippen LogP contribution in [0.25, 0.3) is 0 Å². The van der Waals surface area contributed by atoms with Gasteiger partial charge in [-0.2, -0.15) is 0 Å². The number of rotatable bonds is 1. The minimum atomic E-state index is -0.736. The highest BCUT2D eigenvalue weighted by molar-refractivity contribution is 6.33. The Morgan fingerprint density at radius 1 is 1.00 bits per heavy atom. The number of nitrogens with zero attached hydrogens (tertiary/aromatic N) is 2. The van der Waals surface area contributed by atoms with Crippen LogP contribution in [0.2, 0.25) is 0 Å². The molecule has 2 aliphatic heterocycles. The predicted octanol–water partition coefficient (Wildman–Crippen LogP) is 2.02. The molecule has 0 aromatic heterocycles. The highest BCUT2D eigenvalue weighted by atomic mass is 19.1. The van der Waals surface area contributed by atoms with Gasteiger partial charge in [-0.25, -0.2) is 14.2 Å². The molecule has 0 bridgehead atoms. The first-order chi connectivity index (χ1) is 12.5. The van der Waals surface area contributed by atoms with E-state index < -0.39 is 23.5 Å². The first-order valence-electron chi connectivity index (χ1n) is 8.33. The van der Waals surface area contributed by atoms with Crippen LogP contribution in [-0.4, -0.2) is 24.3 Å². The lowest BCUT2D eigenvalue weighted by Gasteiger charge is -2.21. The molecule has 3 aliphatic rings. The molecule has 4 rings (SSSR count). The van der Waals surface area contributed by atoms with Crippen LogP contribution in [0, 0.1) is 18.3 Å². The molecule has 0 N–H and O–H groups in total. The highest BCUT2D eigenvalue weighted by Crippen LogP contribution is 2.39. The molecule has 0 atom stereocenters. The van der Waals surface area contributed by atoms with Crippen molar-refractivity contribution in [1.82, 2.24) is 0 Å². The minimum Gasteiger partial charge on any atom is -0.367 e. The quantitative estimate of drug-likeness (QED) is 0.572. The number of hydrogen-bond donors (Lipinski definition) is 0. The van der Waals surface area contributed by atoms with Crippen LogP contribution in [-0.2, 0) is 25.7 Å². The largest absolute Gasteiger partial charge is 0.367 e. The number of anilines is 2. The van der Waals surface area contributed by atoms with Crippen molar-refractivity contribution in [3.8, 4) is 12.5 Å². The number of imide groups is 1. The first-order valence-corrected chi connectivity index (χ1v) is 8.33. The van der Waals surface area contributed by atoms with Crippen LogP contribution in [0.3, 0.4) is 0 Å². The summed E-state index contributed by atoms with van der Waals surface area (Å²) in [7, 11) is 0. The zero-order valence-corrected chi connectivity index (χ0v) is 13.9.